The van der Waals surface area contributed by atoms with Crippen LogP contribution >= 0.6 is 0 Å². The molecular weight excluding hydrogens is 262 g/mol. The fourth-order valence-corrected chi connectivity index (χ4v) is 2.80. The molecule has 0 aliphatic heterocycles. The third-order valence-electron chi connectivity index (χ3n) is 3.90. The molecule has 1 unspecified atom stereocenters. The lowest BCUT2D eigenvalue weighted by atomic mass is 10.1. The summed E-state index contributed by atoms with van der Waals surface area (Å²) in [5.74, 6) is 0.120. The summed E-state index contributed by atoms with van der Waals surface area (Å²) >= 11 is 0. The van der Waals surface area contributed by atoms with Gasteiger partial charge in [-0.25, -0.2) is 4.68 Å². The normalized spacial score (nSPS) is 17.0. The maximum absolute atomic E-state index is 12.5. The fourth-order valence-electron chi connectivity index (χ4n) is 2.80. The van der Waals surface area contributed by atoms with Gasteiger partial charge in [-0.15, -0.1) is 5.10 Å². The number of hydrogen-bond donors (Lipinski definition) is 0. The Labute approximate surface area is 122 Å². The van der Waals surface area contributed by atoms with Gasteiger partial charge in [0.05, 0.1) is 6.20 Å². The van der Waals surface area contributed by atoms with Crippen molar-refractivity contribution in [1.29, 1.82) is 0 Å². The number of benzene rings is 2. The Morgan fingerprint density at radius 1 is 1.00 bits per heavy atom. The van der Waals surface area contributed by atoms with Crippen molar-refractivity contribution in [3.05, 3.63) is 71.9 Å². The predicted molar refractivity (Wildman–Crippen MR) is 79.0 cm³/mol. The van der Waals surface area contributed by atoms with Crippen LogP contribution in [0.15, 0.2) is 60.8 Å². The lowest BCUT2D eigenvalue weighted by Gasteiger charge is -2.06. The average Bonchev–Trinajstić information content (AvgIpc) is 3.14. The van der Waals surface area contributed by atoms with Gasteiger partial charge >= 0.3 is 0 Å². The standard InChI is InChI=1S/C17H13N3O/c21-17-14-9-5-4-8-13(14)10-16(17)20-11-15(18-19-20)12-6-2-1-3-7-12/h1-9,11,16H,10H2. The predicted octanol–water partition coefficient (Wildman–Crippen LogP) is 2.93. The van der Waals surface area contributed by atoms with Crippen molar-refractivity contribution in [2.45, 2.75) is 12.5 Å². The summed E-state index contributed by atoms with van der Waals surface area (Å²) in [5.41, 5.74) is 3.69. The van der Waals surface area contributed by atoms with Crippen LogP contribution in [-0.4, -0.2) is 20.8 Å². The Balaban J connectivity index is 1.68. The van der Waals surface area contributed by atoms with Crippen LogP contribution < -0.4 is 0 Å². The highest BCUT2D eigenvalue weighted by Gasteiger charge is 2.32. The third kappa shape index (κ3) is 1.96. The number of carbonyl (C=O) groups excluding carboxylic acids is 1. The Hall–Kier alpha value is -2.75. The van der Waals surface area contributed by atoms with Gasteiger partial charge in [0.1, 0.15) is 11.7 Å². The van der Waals surface area contributed by atoms with Crippen LogP contribution in [-0.2, 0) is 6.42 Å². The molecule has 21 heavy (non-hydrogen) atoms. The first-order valence-corrected chi connectivity index (χ1v) is 6.92. The topological polar surface area (TPSA) is 47.8 Å². The molecule has 4 nitrogen and oxygen atoms in total. The molecule has 0 saturated carbocycles. The Kier molecular flexibility index (Phi) is 2.67. The van der Waals surface area contributed by atoms with E-state index in [4.69, 9.17) is 0 Å². The van der Waals surface area contributed by atoms with Gasteiger partial charge in [0.25, 0.3) is 0 Å². The summed E-state index contributed by atoms with van der Waals surface area (Å²) in [4.78, 5) is 12.5. The number of carbonyl (C=O) groups is 1. The minimum absolute atomic E-state index is 0.120. The quantitative estimate of drug-likeness (QED) is 0.722. The van der Waals surface area contributed by atoms with E-state index >= 15 is 0 Å². The highest BCUT2D eigenvalue weighted by atomic mass is 16.1. The van der Waals surface area contributed by atoms with E-state index in [2.05, 4.69) is 10.3 Å². The SMILES string of the molecule is O=C1c2ccccc2CC1n1cc(-c2ccccc2)nn1. The number of fused-ring (bicyclic) bond motifs is 1. The molecular formula is C17H13N3O. The molecule has 4 rings (SSSR count). The minimum atomic E-state index is -0.271. The van der Waals surface area contributed by atoms with Crippen molar-refractivity contribution in [1.82, 2.24) is 15.0 Å². The molecule has 2 aromatic carbocycles. The van der Waals surface area contributed by atoms with Crippen LogP contribution in [0.3, 0.4) is 0 Å². The van der Waals surface area contributed by atoms with Gasteiger partial charge < -0.3 is 0 Å². The van der Waals surface area contributed by atoms with E-state index < -0.39 is 0 Å². The van der Waals surface area contributed by atoms with Gasteiger partial charge in [0.2, 0.25) is 0 Å². The van der Waals surface area contributed by atoms with E-state index in [9.17, 15) is 4.79 Å². The number of rotatable bonds is 2. The molecule has 1 heterocycles. The van der Waals surface area contributed by atoms with E-state index in [1.54, 1.807) is 4.68 Å². The first kappa shape index (κ1) is 12.0. The lowest BCUT2D eigenvalue weighted by molar-refractivity contribution is 0.0933. The molecule has 1 aliphatic rings. The van der Waals surface area contributed by atoms with Crippen molar-refractivity contribution >= 4 is 5.78 Å². The molecule has 0 N–H and O–H groups in total. The molecule has 102 valence electrons. The summed E-state index contributed by atoms with van der Waals surface area (Å²) in [6, 6.07) is 17.3. The second-order valence-electron chi connectivity index (χ2n) is 5.19. The first-order valence-electron chi connectivity index (χ1n) is 6.92. The zero-order chi connectivity index (χ0) is 14.2. The van der Waals surface area contributed by atoms with E-state index in [-0.39, 0.29) is 11.8 Å². The van der Waals surface area contributed by atoms with Gasteiger partial charge in [-0.3, -0.25) is 4.79 Å². The average molecular weight is 275 g/mol. The Bertz CT molecular complexity index is 808. The molecule has 0 fully saturated rings. The first-order chi connectivity index (χ1) is 10.3. The number of Topliss-reactive ketones (excluding diaryl/α,β-unsaturated/α-hetero) is 1. The molecule has 3 aromatic rings. The van der Waals surface area contributed by atoms with Gasteiger partial charge in [0, 0.05) is 17.5 Å². The smallest absolute Gasteiger partial charge is 0.188 e. The molecule has 0 spiro atoms. The van der Waals surface area contributed by atoms with Crippen LogP contribution in [0, 0.1) is 0 Å². The van der Waals surface area contributed by atoms with Crippen LogP contribution in [0.2, 0.25) is 0 Å². The molecule has 1 atom stereocenters. The van der Waals surface area contributed by atoms with E-state index in [1.807, 2.05) is 60.8 Å². The third-order valence-corrected chi connectivity index (χ3v) is 3.90. The number of nitrogens with zero attached hydrogens (tertiary/aromatic N) is 3. The van der Waals surface area contributed by atoms with E-state index in [1.165, 1.54) is 0 Å². The molecule has 0 radical (unpaired) electrons. The maximum atomic E-state index is 12.5. The molecule has 1 aliphatic carbocycles. The minimum Gasteiger partial charge on any atom is -0.292 e. The van der Waals surface area contributed by atoms with Crippen LogP contribution in [0.5, 0.6) is 0 Å². The Morgan fingerprint density at radius 2 is 1.76 bits per heavy atom. The van der Waals surface area contributed by atoms with Crippen molar-refractivity contribution in [2.24, 2.45) is 0 Å². The lowest BCUT2D eigenvalue weighted by Crippen LogP contribution is -2.16. The molecule has 0 amide bonds. The van der Waals surface area contributed by atoms with Crippen molar-refractivity contribution in [2.75, 3.05) is 0 Å². The number of aromatic nitrogens is 3. The van der Waals surface area contributed by atoms with E-state index in [0.717, 1.165) is 22.4 Å². The molecule has 1 aromatic heterocycles. The van der Waals surface area contributed by atoms with Gasteiger partial charge in [-0.2, -0.15) is 0 Å². The highest BCUT2D eigenvalue weighted by molar-refractivity contribution is 6.03. The molecule has 0 bridgehead atoms. The number of ketones is 1. The van der Waals surface area contributed by atoms with Gasteiger partial charge in [0.15, 0.2) is 5.78 Å². The summed E-state index contributed by atoms with van der Waals surface area (Å²) in [7, 11) is 0. The summed E-state index contributed by atoms with van der Waals surface area (Å²) in [5, 5.41) is 8.34. The van der Waals surface area contributed by atoms with Crippen molar-refractivity contribution in [3.8, 4) is 11.3 Å². The summed E-state index contributed by atoms with van der Waals surface area (Å²) in [6.45, 7) is 0. The summed E-state index contributed by atoms with van der Waals surface area (Å²) in [6.07, 6.45) is 2.54. The fraction of sp³-hybridized carbons (Fsp3) is 0.118. The summed E-state index contributed by atoms with van der Waals surface area (Å²) < 4.78 is 1.69. The highest BCUT2D eigenvalue weighted by Crippen LogP contribution is 2.30. The zero-order valence-corrected chi connectivity index (χ0v) is 11.3. The van der Waals surface area contributed by atoms with Crippen molar-refractivity contribution < 1.29 is 4.79 Å². The van der Waals surface area contributed by atoms with Gasteiger partial charge in [-0.05, 0) is 5.56 Å². The van der Waals surface area contributed by atoms with Crippen LogP contribution in [0.4, 0.5) is 0 Å². The zero-order valence-electron chi connectivity index (χ0n) is 11.3. The van der Waals surface area contributed by atoms with E-state index in [0.29, 0.717) is 6.42 Å². The molecule has 4 heteroatoms. The largest absolute Gasteiger partial charge is 0.292 e. The second kappa shape index (κ2) is 4.66. The van der Waals surface area contributed by atoms with Crippen LogP contribution in [0.1, 0.15) is 22.0 Å². The van der Waals surface area contributed by atoms with Crippen molar-refractivity contribution in [3.63, 3.8) is 0 Å². The Morgan fingerprint density at radius 3 is 2.57 bits per heavy atom. The number of hydrogen-bond acceptors (Lipinski definition) is 3. The second-order valence-corrected chi connectivity index (χ2v) is 5.19. The maximum Gasteiger partial charge on any atom is 0.188 e. The monoisotopic (exact) mass is 275 g/mol. The van der Waals surface area contributed by atoms with Gasteiger partial charge in [-0.1, -0.05) is 59.8 Å². The molecule has 0 saturated heterocycles. The van der Waals surface area contributed by atoms with Crippen LogP contribution in [0.25, 0.3) is 11.3 Å².